The van der Waals surface area contributed by atoms with Crippen molar-refractivity contribution in [3.8, 4) is 11.1 Å². The Labute approximate surface area is 179 Å². The summed E-state index contributed by atoms with van der Waals surface area (Å²) in [6, 6.07) is 18.5. The number of aliphatic hydroxyl groups excluding tert-OH is 1. The molecule has 0 aliphatic heterocycles. The highest BCUT2D eigenvalue weighted by atomic mass is 16.4. The molecule has 0 saturated carbocycles. The first-order chi connectivity index (χ1) is 14.2. The second-order valence-electron chi connectivity index (χ2n) is 8.99. The van der Waals surface area contributed by atoms with Crippen molar-refractivity contribution in [1.29, 1.82) is 0 Å². The SMILES string of the molecule is CC(C)(C)CN(CO)C(=O)[C@H](CCCc1ccc(-c2ccccc2)cc1)CC(=O)O. The fourth-order valence-corrected chi connectivity index (χ4v) is 3.60. The monoisotopic (exact) mass is 411 g/mol. The van der Waals surface area contributed by atoms with Crippen molar-refractivity contribution < 1.29 is 19.8 Å². The zero-order chi connectivity index (χ0) is 22.1. The van der Waals surface area contributed by atoms with E-state index in [4.69, 9.17) is 0 Å². The lowest BCUT2D eigenvalue weighted by Gasteiger charge is -2.31. The Balaban J connectivity index is 1.97. The van der Waals surface area contributed by atoms with Crippen LogP contribution in [0.4, 0.5) is 0 Å². The van der Waals surface area contributed by atoms with Crippen LogP contribution in [-0.4, -0.2) is 40.3 Å². The van der Waals surface area contributed by atoms with Crippen molar-refractivity contribution in [1.82, 2.24) is 4.90 Å². The Hall–Kier alpha value is -2.66. The average molecular weight is 412 g/mol. The zero-order valence-electron chi connectivity index (χ0n) is 18.2. The maximum atomic E-state index is 12.8. The molecule has 2 aromatic rings. The molecule has 0 heterocycles. The molecule has 0 bridgehead atoms. The van der Waals surface area contributed by atoms with Gasteiger partial charge in [-0.1, -0.05) is 75.4 Å². The average Bonchev–Trinajstić information content (AvgIpc) is 2.71. The van der Waals surface area contributed by atoms with Crippen LogP contribution in [0.25, 0.3) is 11.1 Å². The van der Waals surface area contributed by atoms with Crippen LogP contribution < -0.4 is 0 Å². The van der Waals surface area contributed by atoms with E-state index in [-0.39, 0.29) is 17.7 Å². The van der Waals surface area contributed by atoms with Gasteiger partial charge in [0.2, 0.25) is 5.91 Å². The predicted octanol–water partition coefficient (Wildman–Crippen LogP) is 4.59. The van der Waals surface area contributed by atoms with Gasteiger partial charge >= 0.3 is 5.97 Å². The number of benzene rings is 2. The van der Waals surface area contributed by atoms with E-state index in [0.717, 1.165) is 17.5 Å². The minimum absolute atomic E-state index is 0.174. The number of aliphatic carboxylic acids is 1. The van der Waals surface area contributed by atoms with Gasteiger partial charge < -0.3 is 15.1 Å². The summed E-state index contributed by atoms with van der Waals surface area (Å²) in [5.41, 5.74) is 3.30. The van der Waals surface area contributed by atoms with Gasteiger partial charge in [0.1, 0.15) is 6.73 Å². The van der Waals surface area contributed by atoms with Crippen LogP contribution >= 0.6 is 0 Å². The van der Waals surface area contributed by atoms with E-state index < -0.39 is 18.6 Å². The molecule has 30 heavy (non-hydrogen) atoms. The molecule has 162 valence electrons. The molecule has 2 rings (SSSR count). The summed E-state index contributed by atoms with van der Waals surface area (Å²) in [6.07, 6.45) is 1.75. The number of rotatable bonds is 10. The molecular weight excluding hydrogens is 378 g/mol. The van der Waals surface area contributed by atoms with Gasteiger partial charge in [-0.15, -0.1) is 0 Å². The summed E-state index contributed by atoms with van der Waals surface area (Å²) in [5.74, 6) is -1.90. The quantitative estimate of drug-likeness (QED) is 0.561. The van der Waals surface area contributed by atoms with Crippen molar-refractivity contribution in [2.75, 3.05) is 13.3 Å². The number of hydrogen-bond donors (Lipinski definition) is 2. The predicted molar refractivity (Wildman–Crippen MR) is 119 cm³/mol. The number of carboxylic acid groups (broad SMARTS) is 1. The Bertz CT molecular complexity index is 809. The van der Waals surface area contributed by atoms with Crippen LogP contribution in [0.3, 0.4) is 0 Å². The summed E-state index contributed by atoms with van der Waals surface area (Å²) in [7, 11) is 0. The van der Waals surface area contributed by atoms with E-state index in [1.54, 1.807) is 0 Å². The van der Waals surface area contributed by atoms with Crippen LogP contribution in [0.15, 0.2) is 54.6 Å². The Morgan fingerprint density at radius 2 is 1.57 bits per heavy atom. The van der Waals surface area contributed by atoms with E-state index in [1.807, 2.05) is 39.0 Å². The number of nitrogens with zero attached hydrogens (tertiary/aromatic N) is 1. The van der Waals surface area contributed by atoms with Crippen LogP contribution in [0.1, 0.15) is 45.6 Å². The van der Waals surface area contributed by atoms with Crippen molar-refractivity contribution in [3.63, 3.8) is 0 Å². The van der Waals surface area contributed by atoms with Crippen molar-refractivity contribution >= 4 is 11.9 Å². The van der Waals surface area contributed by atoms with Crippen molar-refractivity contribution in [3.05, 3.63) is 60.2 Å². The van der Waals surface area contributed by atoms with Gasteiger partial charge in [0, 0.05) is 12.5 Å². The summed E-state index contributed by atoms with van der Waals surface area (Å²) in [6.45, 7) is 5.93. The lowest BCUT2D eigenvalue weighted by molar-refractivity contribution is -0.147. The number of amides is 1. The Kier molecular flexibility index (Phi) is 8.60. The van der Waals surface area contributed by atoms with E-state index in [1.165, 1.54) is 10.5 Å². The molecule has 0 aliphatic rings. The van der Waals surface area contributed by atoms with Gasteiger partial charge in [-0.2, -0.15) is 0 Å². The van der Waals surface area contributed by atoms with E-state index in [2.05, 4.69) is 36.4 Å². The standard InChI is InChI=1S/C25H33NO4/c1-25(2,3)17-26(18-27)24(30)22(16-23(28)29)11-7-8-19-12-14-21(15-13-19)20-9-5-4-6-10-20/h4-6,9-10,12-15,22,27H,7-8,11,16-18H2,1-3H3,(H,28,29)/t22-/m1/s1. The first-order valence-corrected chi connectivity index (χ1v) is 10.5. The lowest BCUT2D eigenvalue weighted by atomic mass is 9.92. The van der Waals surface area contributed by atoms with Gasteiger partial charge in [-0.05, 0) is 41.4 Å². The van der Waals surface area contributed by atoms with Crippen LogP contribution in [0.5, 0.6) is 0 Å². The van der Waals surface area contributed by atoms with E-state index in [9.17, 15) is 19.8 Å². The summed E-state index contributed by atoms with van der Waals surface area (Å²) < 4.78 is 0. The normalized spacial score (nSPS) is 12.4. The van der Waals surface area contributed by atoms with E-state index in [0.29, 0.717) is 19.4 Å². The maximum absolute atomic E-state index is 12.8. The smallest absolute Gasteiger partial charge is 0.304 e. The molecule has 5 nitrogen and oxygen atoms in total. The molecule has 0 fully saturated rings. The van der Waals surface area contributed by atoms with Crippen LogP contribution in [-0.2, 0) is 16.0 Å². The molecule has 0 saturated heterocycles. The first kappa shape index (κ1) is 23.6. The summed E-state index contributed by atoms with van der Waals surface area (Å²) in [5, 5.41) is 18.9. The number of aliphatic hydroxyl groups is 1. The number of carboxylic acids is 1. The molecule has 2 N–H and O–H groups in total. The highest BCUT2D eigenvalue weighted by molar-refractivity contribution is 5.83. The van der Waals surface area contributed by atoms with Gasteiger partial charge in [0.05, 0.1) is 6.42 Å². The van der Waals surface area contributed by atoms with Crippen LogP contribution in [0.2, 0.25) is 0 Å². The molecular formula is C25H33NO4. The third-order valence-corrected chi connectivity index (χ3v) is 5.00. The molecule has 0 spiro atoms. The van der Waals surface area contributed by atoms with Crippen molar-refractivity contribution in [2.24, 2.45) is 11.3 Å². The molecule has 0 unspecified atom stereocenters. The topological polar surface area (TPSA) is 77.8 Å². The molecule has 0 radical (unpaired) electrons. The second kappa shape index (κ2) is 10.9. The lowest BCUT2D eigenvalue weighted by Crippen LogP contribution is -2.42. The first-order valence-electron chi connectivity index (χ1n) is 10.5. The highest BCUT2D eigenvalue weighted by Crippen LogP contribution is 2.23. The number of carbonyl (C=O) groups is 2. The third-order valence-electron chi connectivity index (χ3n) is 5.00. The summed E-state index contributed by atoms with van der Waals surface area (Å²) >= 11 is 0. The fraction of sp³-hybridized carbons (Fsp3) is 0.440. The zero-order valence-corrected chi connectivity index (χ0v) is 18.2. The summed E-state index contributed by atoms with van der Waals surface area (Å²) in [4.78, 5) is 25.5. The minimum Gasteiger partial charge on any atom is -0.481 e. The van der Waals surface area contributed by atoms with Crippen molar-refractivity contribution in [2.45, 2.75) is 46.5 Å². The fourth-order valence-electron chi connectivity index (χ4n) is 3.60. The number of carbonyl (C=O) groups excluding carboxylic acids is 1. The second-order valence-corrected chi connectivity index (χ2v) is 8.99. The van der Waals surface area contributed by atoms with Gasteiger partial charge in [0.25, 0.3) is 0 Å². The Morgan fingerprint density at radius 3 is 2.10 bits per heavy atom. The van der Waals surface area contributed by atoms with E-state index >= 15 is 0 Å². The number of aryl methyl sites for hydroxylation is 1. The minimum atomic E-state index is -0.991. The molecule has 5 heteroatoms. The van der Waals surface area contributed by atoms with Gasteiger partial charge in [-0.3, -0.25) is 9.59 Å². The molecule has 0 aromatic heterocycles. The molecule has 1 amide bonds. The highest BCUT2D eigenvalue weighted by Gasteiger charge is 2.28. The largest absolute Gasteiger partial charge is 0.481 e. The molecule has 0 aliphatic carbocycles. The van der Waals surface area contributed by atoms with Gasteiger partial charge in [0.15, 0.2) is 0 Å². The van der Waals surface area contributed by atoms with Crippen LogP contribution in [0, 0.1) is 11.3 Å². The number of hydrogen-bond acceptors (Lipinski definition) is 3. The molecule has 1 atom stereocenters. The Morgan fingerprint density at radius 1 is 0.967 bits per heavy atom. The third kappa shape index (κ3) is 7.64. The maximum Gasteiger partial charge on any atom is 0.304 e. The van der Waals surface area contributed by atoms with Gasteiger partial charge in [-0.25, -0.2) is 0 Å². The molecule has 2 aromatic carbocycles.